The van der Waals surface area contributed by atoms with E-state index in [2.05, 4.69) is 34.1 Å². The molecule has 1 aliphatic heterocycles. The number of rotatable bonds is 5. The zero-order valence-corrected chi connectivity index (χ0v) is 20.5. The summed E-state index contributed by atoms with van der Waals surface area (Å²) in [5.41, 5.74) is 4.44. The molecule has 0 N–H and O–H groups in total. The Bertz CT molecular complexity index is 862. The molecule has 170 valence electrons. The predicted molar refractivity (Wildman–Crippen MR) is 128 cm³/mol. The number of likely N-dealkylation sites (tertiary alicyclic amines) is 1. The topological polar surface area (TPSA) is 58.3 Å². The Morgan fingerprint density at radius 2 is 1.74 bits per heavy atom. The number of nitriles is 1. The lowest BCUT2D eigenvalue weighted by molar-refractivity contribution is 0.0888. The van der Waals surface area contributed by atoms with Crippen molar-refractivity contribution in [1.29, 1.82) is 5.26 Å². The number of hydrogen-bond donors (Lipinski definition) is 0. The minimum Gasteiger partial charge on any atom is -0.388 e. The van der Waals surface area contributed by atoms with Crippen LogP contribution in [0.3, 0.4) is 0 Å². The number of carbonyl (C=O) groups excluding carboxylic acids is 1. The van der Waals surface area contributed by atoms with Crippen LogP contribution in [0.5, 0.6) is 0 Å². The van der Waals surface area contributed by atoms with Gasteiger partial charge >= 0.3 is 0 Å². The van der Waals surface area contributed by atoms with E-state index in [4.69, 9.17) is 5.26 Å². The number of benzene rings is 1. The molecular formula is C26H39N3O2. The summed E-state index contributed by atoms with van der Waals surface area (Å²) < 4.78 is 6.35. The Morgan fingerprint density at radius 1 is 1.16 bits per heavy atom. The fourth-order valence-electron chi connectivity index (χ4n) is 4.23. The van der Waals surface area contributed by atoms with Crippen molar-refractivity contribution in [1.82, 2.24) is 9.47 Å². The lowest BCUT2D eigenvalue weighted by Gasteiger charge is -2.26. The van der Waals surface area contributed by atoms with Gasteiger partial charge in [-0.3, -0.25) is 9.69 Å². The number of hydrogen-bond acceptors (Lipinski definition) is 4. The van der Waals surface area contributed by atoms with Gasteiger partial charge < -0.3 is 9.30 Å². The predicted octanol–water partition coefficient (Wildman–Crippen LogP) is 5.70. The lowest BCUT2D eigenvalue weighted by atomic mass is 10.1. The van der Waals surface area contributed by atoms with Gasteiger partial charge in [-0.05, 0) is 70.4 Å². The van der Waals surface area contributed by atoms with E-state index in [1.54, 1.807) is 14.2 Å². The molecule has 0 amide bonds. The van der Waals surface area contributed by atoms with Crippen LogP contribution in [0.2, 0.25) is 0 Å². The fraction of sp³-hybridized carbons (Fsp3) is 0.538. The molecule has 1 aliphatic rings. The van der Waals surface area contributed by atoms with Gasteiger partial charge in [0, 0.05) is 48.9 Å². The number of nitrogens with zero attached hydrogens (tertiary/aromatic N) is 3. The molecule has 31 heavy (non-hydrogen) atoms. The SMILES string of the molecule is CC.CCC1CCC(C)N1CC(=O)c1cc(C)n(-c2ccc(C#N)cc2)c1C.COC. The maximum absolute atomic E-state index is 13.0. The summed E-state index contributed by atoms with van der Waals surface area (Å²) in [4.78, 5) is 15.4. The third-order valence-electron chi connectivity index (χ3n) is 5.74. The van der Waals surface area contributed by atoms with Crippen LogP contribution in [0.15, 0.2) is 30.3 Å². The molecule has 2 unspecified atom stereocenters. The first-order chi connectivity index (χ1) is 14.9. The maximum atomic E-state index is 13.0. The number of ketones is 1. The fourth-order valence-corrected chi connectivity index (χ4v) is 4.23. The van der Waals surface area contributed by atoms with Crippen LogP contribution < -0.4 is 0 Å². The zero-order valence-electron chi connectivity index (χ0n) is 20.5. The Morgan fingerprint density at radius 3 is 2.26 bits per heavy atom. The molecule has 1 aromatic heterocycles. The summed E-state index contributed by atoms with van der Waals surface area (Å²) in [6, 6.07) is 12.6. The molecule has 1 fully saturated rings. The first kappa shape index (κ1) is 26.6. The number of carbonyl (C=O) groups is 1. The molecule has 2 heterocycles. The average Bonchev–Trinajstić information content (AvgIpc) is 3.28. The molecule has 1 aromatic carbocycles. The molecule has 3 rings (SSSR count). The van der Waals surface area contributed by atoms with Crippen LogP contribution in [0.4, 0.5) is 0 Å². The maximum Gasteiger partial charge on any atom is 0.178 e. The highest BCUT2D eigenvalue weighted by molar-refractivity contribution is 5.99. The Hall–Kier alpha value is -2.42. The Kier molecular flexibility index (Phi) is 11.2. The zero-order chi connectivity index (χ0) is 23.6. The van der Waals surface area contributed by atoms with E-state index in [0.29, 0.717) is 24.2 Å². The van der Waals surface area contributed by atoms with Crippen molar-refractivity contribution in [3.8, 4) is 11.8 Å². The molecule has 0 spiro atoms. The first-order valence-electron chi connectivity index (χ1n) is 11.3. The molecule has 5 nitrogen and oxygen atoms in total. The van der Waals surface area contributed by atoms with Gasteiger partial charge in [0.05, 0.1) is 18.2 Å². The Labute approximate surface area is 188 Å². The molecular weight excluding hydrogens is 386 g/mol. The molecule has 0 radical (unpaired) electrons. The van der Waals surface area contributed by atoms with Crippen molar-refractivity contribution in [3.63, 3.8) is 0 Å². The van der Waals surface area contributed by atoms with Gasteiger partial charge in [-0.1, -0.05) is 20.8 Å². The van der Waals surface area contributed by atoms with Gasteiger partial charge in [-0.25, -0.2) is 0 Å². The van der Waals surface area contributed by atoms with Gasteiger partial charge in [0.15, 0.2) is 5.78 Å². The standard InChI is InChI=1S/C22H27N3O.C2H6O.C2H6/c1-5-19-9-6-15(2)24(19)14-22(26)21-12-16(3)25(17(21)4)20-10-7-18(13-23)8-11-20;1-3-2;1-2/h7-8,10-12,15,19H,5-6,9,14H2,1-4H3;1-2H3;1-2H3. The molecule has 5 heteroatoms. The summed E-state index contributed by atoms with van der Waals surface area (Å²) in [5, 5.41) is 8.98. The summed E-state index contributed by atoms with van der Waals surface area (Å²) in [5.74, 6) is 0.199. The third kappa shape index (κ3) is 6.53. The normalized spacial score (nSPS) is 17.8. The van der Waals surface area contributed by atoms with Gasteiger partial charge in [0.25, 0.3) is 0 Å². The van der Waals surface area contributed by atoms with Crippen LogP contribution in [0, 0.1) is 25.2 Å². The van der Waals surface area contributed by atoms with Gasteiger partial charge in [-0.2, -0.15) is 5.26 Å². The molecule has 1 saturated heterocycles. The Balaban J connectivity index is 0.000000884. The van der Waals surface area contributed by atoms with E-state index in [9.17, 15) is 4.79 Å². The average molecular weight is 426 g/mol. The number of Topliss-reactive ketones (excluding diaryl/α,β-unsaturated/α-hetero) is 1. The summed E-state index contributed by atoms with van der Waals surface area (Å²) >= 11 is 0. The number of aryl methyl sites for hydroxylation is 1. The quantitative estimate of drug-likeness (QED) is 0.577. The smallest absolute Gasteiger partial charge is 0.178 e. The van der Waals surface area contributed by atoms with Crippen LogP contribution in [-0.2, 0) is 4.74 Å². The summed E-state index contributed by atoms with van der Waals surface area (Å²) in [6.07, 6.45) is 3.47. The van der Waals surface area contributed by atoms with E-state index >= 15 is 0 Å². The monoisotopic (exact) mass is 425 g/mol. The minimum absolute atomic E-state index is 0.199. The second-order valence-electron chi connectivity index (χ2n) is 7.77. The highest BCUT2D eigenvalue weighted by Gasteiger charge is 2.31. The first-order valence-corrected chi connectivity index (χ1v) is 11.3. The lowest BCUT2D eigenvalue weighted by Crippen LogP contribution is -2.38. The molecule has 2 aromatic rings. The second-order valence-corrected chi connectivity index (χ2v) is 7.77. The van der Waals surface area contributed by atoms with Crippen molar-refractivity contribution in [2.24, 2.45) is 0 Å². The second kappa shape index (κ2) is 13.1. The van der Waals surface area contributed by atoms with E-state index in [1.165, 1.54) is 12.8 Å². The van der Waals surface area contributed by atoms with Gasteiger partial charge in [0.1, 0.15) is 0 Å². The molecule has 0 bridgehead atoms. The molecule has 2 atom stereocenters. The largest absolute Gasteiger partial charge is 0.388 e. The molecule has 0 saturated carbocycles. The van der Waals surface area contributed by atoms with E-state index in [0.717, 1.165) is 29.1 Å². The van der Waals surface area contributed by atoms with Gasteiger partial charge in [0.2, 0.25) is 0 Å². The number of ether oxygens (including phenoxy) is 1. The van der Waals surface area contributed by atoms with E-state index < -0.39 is 0 Å². The summed E-state index contributed by atoms with van der Waals surface area (Å²) in [7, 11) is 3.25. The number of aromatic nitrogens is 1. The van der Waals surface area contributed by atoms with Crippen LogP contribution in [0.25, 0.3) is 5.69 Å². The highest BCUT2D eigenvalue weighted by Crippen LogP contribution is 2.27. The van der Waals surface area contributed by atoms with Crippen LogP contribution in [0.1, 0.15) is 74.3 Å². The van der Waals surface area contributed by atoms with Crippen molar-refractivity contribution >= 4 is 5.78 Å². The highest BCUT2D eigenvalue weighted by atomic mass is 16.4. The minimum atomic E-state index is 0.199. The van der Waals surface area contributed by atoms with Crippen molar-refractivity contribution in [2.45, 2.75) is 72.9 Å². The van der Waals surface area contributed by atoms with E-state index in [-0.39, 0.29) is 5.78 Å². The van der Waals surface area contributed by atoms with E-state index in [1.807, 2.05) is 58.0 Å². The van der Waals surface area contributed by atoms with Crippen LogP contribution >= 0.6 is 0 Å². The third-order valence-corrected chi connectivity index (χ3v) is 5.74. The van der Waals surface area contributed by atoms with Crippen molar-refractivity contribution < 1.29 is 9.53 Å². The van der Waals surface area contributed by atoms with Crippen molar-refractivity contribution in [3.05, 3.63) is 52.8 Å². The summed E-state index contributed by atoms with van der Waals surface area (Å²) in [6.45, 7) is 13.0. The van der Waals surface area contributed by atoms with Gasteiger partial charge in [-0.15, -0.1) is 0 Å². The van der Waals surface area contributed by atoms with Crippen LogP contribution in [-0.4, -0.2) is 48.1 Å². The molecule has 0 aliphatic carbocycles. The number of methoxy groups -OCH3 is 1. The van der Waals surface area contributed by atoms with Crippen molar-refractivity contribution in [2.75, 3.05) is 20.8 Å².